The molecule has 0 saturated heterocycles. The second-order valence-electron chi connectivity index (χ2n) is 4.95. The largest absolute Gasteiger partial charge is 0.468 e. The van der Waals surface area contributed by atoms with E-state index in [-0.39, 0.29) is 18.8 Å². The SMILES string of the molecule is COCOc1ccc(CCC(C)Nc2ncnc(N)n2)cc1. The summed E-state index contributed by atoms with van der Waals surface area (Å²) in [6.45, 7) is 2.34. The van der Waals surface area contributed by atoms with E-state index in [0.29, 0.717) is 5.95 Å². The lowest BCUT2D eigenvalue weighted by atomic mass is 10.1. The predicted molar refractivity (Wildman–Crippen MR) is 84.6 cm³/mol. The maximum atomic E-state index is 5.53. The minimum absolute atomic E-state index is 0.219. The van der Waals surface area contributed by atoms with Gasteiger partial charge in [0.25, 0.3) is 0 Å². The van der Waals surface area contributed by atoms with Gasteiger partial charge in [-0.2, -0.15) is 4.98 Å². The van der Waals surface area contributed by atoms with Crippen LogP contribution in [0.25, 0.3) is 0 Å². The van der Waals surface area contributed by atoms with Crippen molar-refractivity contribution in [1.82, 2.24) is 15.0 Å². The van der Waals surface area contributed by atoms with Gasteiger partial charge in [0.1, 0.15) is 12.1 Å². The summed E-state index contributed by atoms with van der Waals surface area (Å²) in [6, 6.07) is 8.22. The Balaban J connectivity index is 1.79. The molecule has 1 atom stereocenters. The number of benzene rings is 1. The molecular weight excluding hydrogens is 282 g/mol. The molecule has 2 rings (SSSR count). The number of nitrogen functional groups attached to an aromatic ring is 1. The molecule has 0 saturated carbocycles. The molecule has 0 aliphatic carbocycles. The number of nitrogens with zero attached hydrogens (tertiary/aromatic N) is 3. The number of hydrogen-bond donors (Lipinski definition) is 2. The third-order valence-electron chi connectivity index (χ3n) is 3.10. The van der Waals surface area contributed by atoms with Crippen molar-refractivity contribution in [3.05, 3.63) is 36.2 Å². The van der Waals surface area contributed by atoms with Gasteiger partial charge in [0.05, 0.1) is 0 Å². The van der Waals surface area contributed by atoms with E-state index < -0.39 is 0 Å². The summed E-state index contributed by atoms with van der Waals surface area (Å²) < 4.78 is 10.2. The average molecular weight is 303 g/mol. The number of aryl methyl sites for hydroxylation is 1. The zero-order chi connectivity index (χ0) is 15.8. The van der Waals surface area contributed by atoms with Crippen LogP contribution in [0.4, 0.5) is 11.9 Å². The third kappa shape index (κ3) is 5.17. The van der Waals surface area contributed by atoms with E-state index in [2.05, 4.69) is 39.3 Å². The third-order valence-corrected chi connectivity index (χ3v) is 3.10. The van der Waals surface area contributed by atoms with Crippen LogP contribution in [0.3, 0.4) is 0 Å². The normalized spacial score (nSPS) is 11.9. The molecule has 0 fully saturated rings. The number of hydrogen-bond acceptors (Lipinski definition) is 7. The second-order valence-corrected chi connectivity index (χ2v) is 4.95. The minimum Gasteiger partial charge on any atom is -0.468 e. The molecule has 0 aliphatic heterocycles. The quantitative estimate of drug-likeness (QED) is 0.719. The topological polar surface area (TPSA) is 95.2 Å². The van der Waals surface area contributed by atoms with Crippen molar-refractivity contribution >= 4 is 11.9 Å². The highest BCUT2D eigenvalue weighted by molar-refractivity contribution is 5.30. The number of methoxy groups -OCH3 is 1. The molecule has 22 heavy (non-hydrogen) atoms. The molecule has 7 heteroatoms. The number of ether oxygens (including phenoxy) is 2. The van der Waals surface area contributed by atoms with Crippen molar-refractivity contribution in [2.75, 3.05) is 25.0 Å². The lowest BCUT2D eigenvalue weighted by Gasteiger charge is -2.13. The summed E-state index contributed by atoms with van der Waals surface area (Å²) in [5.41, 5.74) is 6.77. The second kappa shape index (κ2) is 8.14. The van der Waals surface area contributed by atoms with Crippen molar-refractivity contribution in [3.8, 4) is 5.75 Å². The smallest absolute Gasteiger partial charge is 0.227 e. The van der Waals surface area contributed by atoms with Gasteiger partial charge in [-0.15, -0.1) is 0 Å². The Bertz CT molecular complexity index is 576. The minimum atomic E-state index is 0.219. The van der Waals surface area contributed by atoms with Crippen LogP contribution in [0.15, 0.2) is 30.6 Å². The van der Waals surface area contributed by atoms with Crippen LogP contribution in [-0.4, -0.2) is 34.9 Å². The first-order valence-electron chi connectivity index (χ1n) is 7.09. The average Bonchev–Trinajstić information content (AvgIpc) is 2.52. The summed E-state index contributed by atoms with van der Waals surface area (Å²) in [4.78, 5) is 11.8. The fraction of sp³-hybridized carbons (Fsp3) is 0.400. The first-order chi connectivity index (χ1) is 10.7. The molecular formula is C15H21N5O2. The maximum absolute atomic E-state index is 5.53. The van der Waals surface area contributed by atoms with Crippen molar-refractivity contribution in [2.24, 2.45) is 0 Å². The van der Waals surface area contributed by atoms with Gasteiger partial charge in [-0.1, -0.05) is 12.1 Å². The predicted octanol–water partition coefficient (Wildman–Crippen LogP) is 1.87. The van der Waals surface area contributed by atoms with Gasteiger partial charge in [-0.25, -0.2) is 9.97 Å². The first-order valence-corrected chi connectivity index (χ1v) is 7.09. The Hall–Kier alpha value is -2.41. The Morgan fingerprint density at radius 1 is 1.23 bits per heavy atom. The van der Waals surface area contributed by atoms with E-state index in [1.165, 1.54) is 11.9 Å². The molecule has 0 amide bonds. The molecule has 0 radical (unpaired) electrons. The van der Waals surface area contributed by atoms with Crippen LogP contribution in [0.5, 0.6) is 5.75 Å². The highest BCUT2D eigenvalue weighted by Crippen LogP contribution is 2.14. The maximum Gasteiger partial charge on any atom is 0.227 e. The zero-order valence-corrected chi connectivity index (χ0v) is 12.8. The molecule has 3 N–H and O–H groups in total. The number of rotatable bonds is 8. The van der Waals surface area contributed by atoms with Crippen LogP contribution in [-0.2, 0) is 11.2 Å². The molecule has 1 aromatic heterocycles. The highest BCUT2D eigenvalue weighted by Gasteiger charge is 2.05. The molecule has 1 heterocycles. The Morgan fingerprint density at radius 3 is 2.68 bits per heavy atom. The van der Waals surface area contributed by atoms with Gasteiger partial charge in [-0.3, -0.25) is 0 Å². The lowest BCUT2D eigenvalue weighted by Crippen LogP contribution is -2.18. The summed E-state index contributed by atoms with van der Waals surface area (Å²) >= 11 is 0. The number of nitrogens with one attached hydrogen (secondary N) is 1. The van der Waals surface area contributed by atoms with E-state index in [4.69, 9.17) is 15.2 Å². The number of aromatic nitrogens is 3. The first kappa shape index (κ1) is 16.0. The van der Waals surface area contributed by atoms with Crippen molar-refractivity contribution in [2.45, 2.75) is 25.8 Å². The summed E-state index contributed by atoms with van der Waals surface area (Å²) in [7, 11) is 1.60. The number of anilines is 2. The van der Waals surface area contributed by atoms with Gasteiger partial charge in [0.15, 0.2) is 6.79 Å². The zero-order valence-electron chi connectivity index (χ0n) is 12.8. The summed E-state index contributed by atoms with van der Waals surface area (Å²) in [5.74, 6) is 1.53. The fourth-order valence-corrected chi connectivity index (χ4v) is 1.93. The van der Waals surface area contributed by atoms with Gasteiger partial charge in [0.2, 0.25) is 11.9 Å². The molecule has 7 nitrogen and oxygen atoms in total. The van der Waals surface area contributed by atoms with E-state index in [0.717, 1.165) is 18.6 Å². The van der Waals surface area contributed by atoms with E-state index >= 15 is 0 Å². The Morgan fingerprint density at radius 2 is 2.00 bits per heavy atom. The fourth-order valence-electron chi connectivity index (χ4n) is 1.93. The van der Waals surface area contributed by atoms with Gasteiger partial charge in [-0.05, 0) is 37.5 Å². The Kier molecular flexibility index (Phi) is 5.91. The monoisotopic (exact) mass is 303 g/mol. The number of nitrogens with two attached hydrogens (primary N) is 1. The lowest BCUT2D eigenvalue weighted by molar-refractivity contribution is 0.0511. The van der Waals surface area contributed by atoms with Crippen LogP contribution in [0, 0.1) is 0 Å². The molecule has 1 aromatic carbocycles. The molecule has 1 unspecified atom stereocenters. The highest BCUT2D eigenvalue weighted by atomic mass is 16.7. The van der Waals surface area contributed by atoms with Gasteiger partial charge in [0, 0.05) is 13.2 Å². The van der Waals surface area contributed by atoms with Crippen molar-refractivity contribution in [1.29, 1.82) is 0 Å². The van der Waals surface area contributed by atoms with Crippen molar-refractivity contribution < 1.29 is 9.47 Å². The van der Waals surface area contributed by atoms with Crippen LogP contribution in [0.2, 0.25) is 0 Å². The molecule has 0 aliphatic rings. The van der Waals surface area contributed by atoms with Crippen LogP contribution >= 0.6 is 0 Å². The van der Waals surface area contributed by atoms with Gasteiger partial charge >= 0.3 is 0 Å². The van der Waals surface area contributed by atoms with Crippen LogP contribution < -0.4 is 15.8 Å². The Labute approximate surface area is 129 Å². The van der Waals surface area contributed by atoms with E-state index in [9.17, 15) is 0 Å². The van der Waals surface area contributed by atoms with Crippen LogP contribution in [0.1, 0.15) is 18.9 Å². The molecule has 0 spiro atoms. The molecule has 0 bridgehead atoms. The van der Waals surface area contributed by atoms with E-state index in [1.807, 2.05) is 12.1 Å². The summed E-state index contributed by atoms with van der Waals surface area (Å²) in [6.07, 6.45) is 3.29. The molecule has 2 aromatic rings. The molecule has 118 valence electrons. The standard InChI is InChI=1S/C15H21N5O2/c1-11(19-15-18-9-17-14(16)20-15)3-4-12-5-7-13(8-6-12)22-10-21-2/h5-9,11H,3-4,10H2,1-2H3,(H3,16,17,18,19,20). The summed E-state index contributed by atoms with van der Waals surface area (Å²) in [5, 5.41) is 3.21. The van der Waals surface area contributed by atoms with E-state index in [1.54, 1.807) is 7.11 Å². The van der Waals surface area contributed by atoms with Gasteiger partial charge < -0.3 is 20.5 Å². The van der Waals surface area contributed by atoms with Crippen molar-refractivity contribution in [3.63, 3.8) is 0 Å².